The van der Waals surface area contributed by atoms with E-state index in [1.807, 2.05) is 24.3 Å². The van der Waals surface area contributed by atoms with Crippen LogP contribution in [0.3, 0.4) is 0 Å². The molecule has 336 valence electrons. The van der Waals surface area contributed by atoms with Crippen molar-refractivity contribution in [1.29, 1.82) is 0 Å². The highest BCUT2D eigenvalue weighted by Gasteiger charge is 2.40. The first-order valence-corrected chi connectivity index (χ1v) is 24.4. The number of sulfonamides is 1. The fourth-order valence-electron chi connectivity index (χ4n) is 10.6. The molecule has 1 aliphatic carbocycles. The van der Waals surface area contributed by atoms with Gasteiger partial charge in [-0.3, -0.25) is 29.2 Å². The largest absolute Gasteiger partial charge is 0.372 e. The van der Waals surface area contributed by atoms with E-state index in [4.69, 9.17) is 0 Å². The zero-order chi connectivity index (χ0) is 44.9. The third kappa shape index (κ3) is 8.95. The number of carbonyl (C=O) groups excluding carboxylic acids is 4. The van der Waals surface area contributed by atoms with Crippen molar-refractivity contribution >= 4 is 44.9 Å². The maximum absolute atomic E-state index is 15.7. The standard InChI is InChI=1S/C50H55F2N5O6S/c1-30(2)29-64(62,63)54-43-14-13-42(51)46(47(43)52)48(59)40-12-7-34-3-4-36(26-41(34)40)32-5-9-38(10-6-32)56-23-17-31(18-24-56)27-55-21-19-33(20-22-55)35-8-11-39-37(25-35)28-57(50(39)61)44-15-16-45(58)53-49(44)60/h3-6,8-11,13-14,25-26,30-31,33,40,44,54H,7,12,15-24,27-29H2,1-2H3,(H,53,58,60)/t40?,44-/m0/s1. The van der Waals surface area contributed by atoms with Crippen LogP contribution in [0.1, 0.15) is 114 Å². The van der Waals surface area contributed by atoms with Gasteiger partial charge in [-0.25, -0.2) is 17.2 Å². The number of benzene rings is 4. The number of amides is 3. The van der Waals surface area contributed by atoms with Crippen molar-refractivity contribution < 1.29 is 36.4 Å². The first-order chi connectivity index (χ1) is 30.7. The van der Waals surface area contributed by atoms with Crippen LogP contribution in [0, 0.1) is 23.5 Å². The SMILES string of the molecule is CC(C)CS(=O)(=O)Nc1ccc(F)c(C(=O)C2CCc3ccc(-c4ccc(N5CCC(CN6CCC(c7ccc8c(c7)CN([C@H]7CCC(=O)NC7=O)C8=O)CC6)CC5)cc4)cc32)c1F. The number of nitrogens with one attached hydrogen (secondary N) is 2. The number of fused-ring (bicyclic) bond motifs is 2. The molecule has 1 unspecified atom stereocenters. The molecule has 4 aliphatic heterocycles. The Labute approximate surface area is 373 Å². The van der Waals surface area contributed by atoms with E-state index in [1.165, 1.54) is 5.56 Å². The number of rotatable bonds is 12. The number of nitrogens with zero attached hydrogens (tertiary/aromatic N) is 3. The minimum atomic E-state index is -3.90. The summed E-state index contributed by atoms with van der Waals surface area (Å²) in [6, 6.07) is 21.9. The number of anilines is 2. The molecule has 3 amide bonds. The lowest BCUT2D eigenvalue weighted by Gasteiger charge is -2.38. The number of imide groups is 1. The van der Waals surface area contributed by atoms with Crippen molar-refractivity contribution in [3.8, 4) is 11.1 Å². The summed E-state index contributed by atoms with van der Waals surface area (Å²) in [5, 5.41) is 2.38. The van der Waals surface area contributed by atoms with Crippen molar-refractivity contribution in [1.82, 2.24) is 15.1 Å². The topological polar surface area (TPSA) is 136 Å². The Balaban J connectivity index is 0.769. The second-order valence-corrected chi connectivity index (χ2v) is 20.6. The zero-order valence-corrected chi connectivity index (χ0v) is 37.2. The number of Topliss-reactive ketones (excluding diaryl/α,β-unsaturated/α-hetero) is 1. The van der Waals surface area contributed by atoms with Crippen LogP contribution >= 0.6 is 0 Å². The Bertz CT molecular complexity index is 2600. The van der Waals surface area contributed by atoms with Gasteiger partial charge in [-0.1, -0.05) is 56.3 Å². The van der Waals surface area contributed by atoms with Crippen LogP contribution in [0.2, 0.25) is 0 Å². The fraction of sp³-hybridized carbons (Fsp3) is 0.440. The van der Waals surface area contributed by atoms with E-state index in [9.17, 15) is 27.6 Å². The minimum absolute atomic E-state index is 0.135. The highest BCUT2D eigenvalue weighted by molar-refractivity contribution is 7.92. The van der Waals surface area contributed by atoms with E-state index in [2.05, 4.69) is 56.2 Å². The Morgan fingerprint density at radius 2 is 1.55 bits per heavy atom. The molecule has 3 saturated heterocycles. The summed E-state index contributed by atoms with van der Waals surface area (Å²) < 4.78 is 58.1. The average Bonchev–Trinajstić information content (AvgIpc) is 3.85. The molecule has 0 bridgehead atoms. The maximum atomic E-state index is 15.7. The molecule has 3 fully saturated rings. The van der Waals surface area contributed by atoms with Gasteiger partial charge in [-0.15, -0.1) is 0 Å². The molecule has 64 heavy (non-hydrogen) atoms. The van der Waals surface area contributed by atoms with Crippen LogP contribution in [0.4, 0.5) is 20.2 Å². The molecule has 4 aromatic carbocycles. The predicted molar refractivity (Wildman–Crippen MR) is 242 cm³/mol. The third-order valence-electron chi connectivity index (χ3n) is 14.0. The third-order valence-corrected chi connectivity index (χ3v) is 15.6. The van der Waals surface area contributed by atoms with E-state index in [1.54, 1.807) is 18.7 Å². The average molecular weight is 892 g/mol. The van der Waals surface area contributed by atoms with Gasteiger partial charge in [-0.2, -0.15) is 0 Å². The monoisotopic (exact) mass is 891 g/mol. The Morgan fingerprint density at radius 3 is 2.27 bits per heavy atom. The molecule has 11 nitrogen and oxygen atoms in total. The van der Waals surface area contributed by atoms with E-state index < -0.39 is 50.7 Å². The summed E-state index contributed by atoms with van der Waals surface area (Å²) in [4.78, 5) is 57.8. The molecule has 4 aromatic rings. The summed E-state index contributed by atoms with van der Waals surface area (Å²) in [6.07, 6.45) is 5.95. The van der Waals surface area contributed by atoms with Crippen molar-refractivity contribution in [3.05, 3.63) is 118 Å². The number of ketones is 1. The molecule has 0 radical (unpaired) electrons. The van der Waals surface area contributed by atoms with Crippen molar-refractivity contribution in [3.63, 3.8) is 0 Å². The molecule has 0 aromatic heterocycles. The number of hydrogen-bond donors (Lipinski definition) is 2. The number of aryl methyl sites for hydroxylation is 1. The van der Waals surface area contributed by atoms with Gasteiger partial charge in [0.15, 0.2) is 11.6 Å². The van der Waals surface area contributed by atoms with Gasteiger partial charge >= 0.3 is 0 Å². The quantitative estimate of drug-likeness (QED) is 0.109. The highest BCUT2D eigenvalue weighted by Crippen LogP contribution is 2.40. The van der Waals surface area contributed by atoms with Crippen molar-refractivity contribution in [2.45, 2.75) is 89.6 Å². The molecular weight excluding hydrogens is 837 g/mol. The van der Waals surface area contributed by atoms with E-state index in [0.29, 0.717) is 43.2 Å². The minimum Gasteiger partial charge on any atom is -0.372 e. The lowest BCUT2D eigenvalue weighted by atomic mass is 9.87. The van der Waals surface area contributed by atoms with Gasteiger partial charge in [-0.05, 0) is 140 Å². The molecule has 5 aliphatic rings. The van der Waals surface area contributed by atoms with Crippen LogP contribution in [0.5, 0.6) is 0 Å². The van der Waals surface area contributed by atoms with Crippen LogP contribution in [0.15, 0.2) is 72.8 Å². The van der Waals surface area contributed by atoms with Crippen molar-refractivity contribution in [2.75, 3.05) is 48.1 Å². The van der Waals surface area contributed by atoms with Crippen LogP contribution < -0.4 is 14.9 Å². The Hall–Kier alpha value is -5.47. The summed E-state index contributed by atoms with van der Waals surface area (Å²) in [5.74, 6) is -3.87. The van der Waals surface area contributed by atoms with Crippen LogP contribution in [-0.4, -0.2) is 86.2 Å². The molecule has 9 rings (SSSR count). The predicted octanol–water partition coefficient (Wildman–Crippen LogP) is 7.80. The zero-order valence-electron chi connectivity index (χ0n) is 36.4. The lowest BCUT2D eigenvalue weighted by Crippen LogP contribution is -2.52. The summed E-state index contributed by atoms with van der Waals surface area (Å²) in [7, 11) is -3.90. The van der Waals surface area contributed by atoms with Crippen LogP contribution in [-0.2, 0) is 32.6 Å². The number of piperidine rings is 3. The molecule has 2 atom stereocenters. The first kappa shape index (κ1) is 43.8. The van der Waals surface area contributed by atoms with Gasteiger partial charge < -0.3 is 14.7 Å². The normalized spacial score (nSPS) is 21.0. The van der Waals surface area contributed by atoms with Gasteiger partial charge in [0.1, 0.15) is 11.9 Å². The maximum Gasteiger partial charge on any atom is 0.255 e. The second kappa shape index (κ2) is 17.8. The number of halogens is 2. The van der Waals surface area contributed by atoms with Gasteiger partial charge in [0, 0.05) is 49.8 Å². The lowest BCUT2D eigenvalue weighted by molar-refractivity contribution is -0.136. The molecule has 14 heteroatoms. The molecule has 4 heterocycles. The number of hydrogen-bond acceptors (Lipinski definition) is 8. The Morgan fingerprint density at radius 1 is 0.812 bits per heavy atom. The molecule has 0 saturated carbocycles. The number of likely N-dealkylation sites (tertiary alicyclic amines) is 1. The van der Waals surface area contributed by atoms with Crippen molar-refractivity contribution in [2.24, 2.45) is 11.8 Å². The van der Waals surface area contributed by atoms with E-state index in [-0.39, 0.29) is 35.8 Å². The van der Waals surface area contributed by atoms with Gasteiger partial charge in [0.05, 0.1) is 17.0 Å². The van der Waals surface area contributed by atoms with Gasteiger partial charge in [0.25, 0.3) is 5.91 Å². The van der Waals surface area contributed by atoms with Gasteiger partial charge in [0.2, 0.25) is 21.8 Å². The summed E-state index contributed by atoms with van der Waals surface area (Å²) in [5.41, 5.74) is 6.46. The number of carbonyl (C=O) groups is 4. The molecule has 2 N–H and O–H groups in total. The molecule has 0 spiro atoms. The van der Waals surface area contributed by atoms with E-state index in [0.717, 1.165) is 104 Å². The molecular formula is C50H55F2N5O6S. The Kier molecular flexibility index (Phi) is 12.2. The summed E-state index contributed by atoms with van der Waals surface area (Å²) in [6.45, 7) is 8.94. The van der Waals surface area contributed by atoms with Crippen LogP contribution in [0.25, 0.3) is 11.1 Å². The van der Waals surface area contributed by atoms with E-state index >= 15 is 8.78 Å². The smallest absolute Gasteiger partial charge is 0.255 e. The first-order valence-electron chi connectivity index (χ1n) is 22.7. The second-order valence-electron chi connectivity index (χ2n) is 18.8. The fourth-order valence-corrected chi connectivity index (χ4v) is 12.1. The summed E-state index contributed by atoms with van der Waals surface area (Å²) >= 11 is 0. The highest BCUT2D eigenvalue weighted by atomic mass is 32.2.